The highest BCUT2D eigenvalue weighted by molar-refractivity contribution is 6.29. The van der Waals surface area contributed by atoms with Crippen molar-refractivity contribution in [3.05, 3.63) is 59.0 Å². The number of aliphatic hydroxyl groups is 1. The fourth-order valence-electron chi connectivity index (χ4n) is 3.85. The number of methoxy groups -OCH3 is 1. The fraction of sp³-hybridized carbons (Fsp3) is 0.531. The maximum atomic E-state index is 12.7. The largest absolute Gasteiger partial charge is 0.490 e. The Labute approximate surface area is 250 Å². The molecule has 8 nitrogen and oxygen atoms in total. The Kier molecular flexibility index (Phi) is 15.9. The molecule has 41 heavy (non-hydrogen) atoms. The number of rotatable bonds is 13. The molecule has 3 unspecified atom stereocenters. The topological polar surface area (TPSA) is 114 Å². The van der Waals surface area contributed by atoms with Crippen molar-refractivity contribution in [3.63, 3.8) is 0 Å². The minimum Gasteiger partial charge on any atom is -0.490 e. The maximum Gasteiger partial charge on any atom is 0.373 e. The van der Waals surface area contributed by atoms with E-state index in [1.807, 2.05) is 46.8 Å². The van der Waals surface area contributed by atoms with E-state index in [9.17, 15) is 19.5 Å². The molecule has 2 amide bonds. The van der Waals surface area contributed by atoms with Crippen LogP contribution in [0.2, 0.25) is 0 Å². The van der Waals surface area contributed by atoms with Crippen molar-refractivity contribution in [3.8, 4) is 11.8 Å². The number of amides is 2. The van der Waals surface area contributed by atoms with Crippen molar-refractivity contribution in [2.75, 3.05) is 7.11 Å². The second kappa shape index (κ2) is 18.2. The van der Waals surface area contributed by atoms with Crippen LogP contribution in [0.15, 0.2) is 59.0 Å². The van der Waals surface area contributed by atoms with Gasteiger partial charge in [0.05, 0.1) is 13.2 Å². The zero-order valence-corrected chi connectivity index (χ0v) is 26.0. The summed E-state index contributed by atoms with van der Waals surface area (Å²) in [5, 5.41) is 16.0. The normalized spacial score (nSPS) is 18.6. The molecule has 0 aliphatic carbocycles. The molecular weight excluding hydrogens is 544 g/mol. The number of esters is 1. The van der Waals surface area contributed by atoms with Crippen molar-refractivity contribution in [2.45, 2.75) is 91.9 Å². The molecule has 226 valence electrons. The zero-order valence-electron chi connectivity index (χ0n) is 25.3. The summed E-state index contributed by atoms with van der Waals surface area (Å²) < 4.78 is 10.4. The molecule has 1 heterocycles. The summed E-state index contributed by atoms with van der Waals surface area (Å²) in [5.74, 6) is 5.09. The number of carbonyl (C=O) groups is 3. The second-order valence-electron chi connectivity index (χ2n) is 11.1. The molecule has 1 rings (SSSR count). The molecule has 0 saturated heterocycles. The van der Waals surface area contributed by atoms with Gasteiger partial charge in [0.25, 0.3) is 0 Å². The van der Waals surface area contributed by atoms with Crippen molar-refractivity contribution in [1.82, 2.24) is 10.6 Å². The summed E-state index contributed by atoms with van der Waals surface area (Å²) in [7, 11) is 1.45. The van der Waals surface area contributed by atoms with E-state index in [1.54, 1.807) is 31.2 Å². The average molecular weight is 589 g/mol. The third-order valence-electron chi connectivity index (χ3n) is 6.19. The molecule has 0 saturated carbocycles. The minimum atomic E-state index is -0.742. The molecule has 0 aromatic rings. The van der Waals surface area contributed by atoms with Gasteiger partial charge in [0.1, 0.15) is 12.1 Å². The van der Waals surface area contributed by atoms with Gasteiger partial charge in [-0.3, -0.25) is 9.59 Å². The van der Waals surface area contributed by atoms with Crippen molar-refractivity contribution < 1.29 is 29.0 Å². The van der Waals surface area contributed by atoms with Gasteiger partial charge >= 0.3 is 5.97 Å². The number of hydrogen-bond acceptors (Lipinski definition) is 6. The van der Waals surface area contributed by atoms with E-state index in [0.717, 1.165) is 5.57 Å². The molecule has 1 aliphatic rings. The van der Waals surface area contributed by atoms with E-state index >= 15 is 0 Å². The van der Waals surface area contributed by atoms with Gasteiger partial charge in [-0.2, -0.15) is 0 Å². The molecule has 0 fully saturated rings. The summed E-state index contributed by atoms with van der Waals surface area (Å²) in [6, 6.07) is -0.742. The first-order valence-electron chi connectivity index (χ1n) is 13.8. The number of cyclic esters (lactones) is 1. The van der Waals surface area contributed by atoms with Gasteiger partial charge in [-0.25, -0.2) is 4.79 Å². The van der Waals surface area contributed by atoms with Crippen LogP contribution in [0.1, 0.15) is 73.6 Å². The van der Waals surface area contributed by atoms with E-state index in [-0.39, 0.29) is 36.0 Å². The summed E-state index contributed by atoms with van der Waals surface area (Å²) in [5.41, 5.74) is 0.468. The Hall–Kier alpha value is -3.28. The summed E-state index contributed by atoms with van der Waals surface area (Å²) >= 11 is 5.77. The van der Waals surface area contributed by atoms with Gasteiger partial charge in [0.2, 0.25) is 11.8 Å². The number of aliphatic hydroxyl groups excluding tert-OH is 1. The van der Waals surface area contributed by atoms with Crippen LogP contribution in [0, 0.1) is 23.2 Å². The standard InChI is InChI=1S/C32H45ClN2O6/c1-22(21-23(2)26-18-19-27(40-7)31(39)41-26)13-10-8-9-11-15-28(37)35-29(32(4,5)6)30(38)34-20-12-14-25(36)17-16-24(3)33/h10,12-13,16,19-21,23,25-26,29,36H,11,14-15,17-18H2,1-7H3,(H,34,38)(H,35,37)/b13-10-,20-12-,22-21+,24-16+/t23-,25?,26?,29?/m0/s1. The van der Waals surface area contributed by atoms with Crippen LogP contribution in [-0.2, 0) is 23.9 Å². The molecule has 0 radical (unpaired) electrons. The number of halogens is 1. The Bertz CT molecular complexity index is 1110. The lowest BCUT2D eigenvalue weighted by Gasteiger charge is -2.29. The van der Waals surface area contributed by atoms with Crippen LogP contribution in [0.3, 0.4) is 0 Å². The summed E-state index contributed by atoms with van der Waals surface area (Å²) in [6.45, 7) is 11.3. The highest BCUT2D eigenvalue weighted by Gasteiger charge is 2.32. The van der Waals surface area contributed by atoms with E-state index in [1.165, 1.54) is 13.3 Å². The SMILES string of the molecule is COC1=CCC([C@@H](C)/C=C(C)/C=C\C#CCCC(=O)NC(C(=O)N/C=C\CC(O)C/C=C(\C)Cl)C(C)(C)C)OC1=O. The molecule has 4 atom stereocenters. The molecule has 1 aliphatic heterocycles. The van der Waals surface area contributed by atoms with E-state index in [2.05, 4.69) is 22.5 Å². The Morgan fingerprint density at radius 3 is 2.61 bits per heavy atom. The smallest absolute Gasteiger partial charge is 0.373 e. The molecule has 0 aromatic carbocycles. The molecule has 0 spiro atoms. The van der Waals surface area contributed by atoms with Crippen molar-refractivity contribution in [2.24, 2.45) is 11.3 Å². The first-order valence-corrected chi connectivity index (χ1v) is 14.2. The lowest BCUT2D eigenvalue weighted by atomic mass is 9.86. The van der Waals surface area contributed by atoms with Gasteiger partial charge in [0.15, 0.2) is 5.76 Å². The van der Waals surface area contributed by atoms with Gasteiger partial charge in [-0.1, -0.05) is 81.0 Å². The first-order chi connectivity index (χ1) is 19.2. The van der Waals surface area contributed by atoms with Crippen LogP contribution in [0.25, 0.3) is 0 Å². The second-order valence-corrected chi connectivity index (χ2v) is 11.7. The van der Waals surface area contributed by atoms with Gasteiger partial charge in [-0.15, -0.1) is 0 Å². The molecule has 0 bridgehead atoms. The number of nitrogens with one attached hydrogen (secondary N) is 2. The fourth-order valence-corrected chi connectivity index (χ4v) is 3.94. The molecule has 0 aromatic heterocycles. The van der Waals surface area contributed by atoms with Gasteiger partial charge in [-0.05, 0) is 50.5 Å². The highest BCUT2D eigenvalue weighted by Crippen LogP contribution is 2.23. The van der Waals surface area contributed by atoms with E-state index < -0.39 is 23.5 Å². The predicted molar refractivity (Wildman–Crippen MR) is 162 cm³/mol. The van der Waals surface area contributed by atoms with Crippen molar-refractivity contribution >= 4 is 29.4 Å². The number of ether oxygens (including phenoxy) is 2. The van der Waals surface area contributed by atoms with Crippen LogP contribution < -0.4 is 10.6 Å². The lowest BCUT2D eigenvalue weighted by molar-refractivity contribution is -0.151. The summed E-state index contributed by atoms with van der Waals surface area (Å²) in [4.78, 5) is 37.1. The molecule has 3 N–H and O–H groups in total. The van der Waals surface area contributed by atoms with Gasteiger partial charge < -0.3 is 25.2 Å². The minimum absolute atomic E-state index is 0.0211. The number of allylic oxidation sites excluding steroid dienone is 4. The van der Waals surface area contributed by atoms with Crippen LogP contribution in [0.5, 0.6) is 0 Å². The lowest BCUT2D eigenvalue weighted by Crippen LogP contribution is -2.52. The monoisotopic (exact) mass is 588 g/mol. The van der Waals surface area contributed by atoms with Crippen LogP contribution >= 0.6 is 11.6 Å². The van der Waals surface area contributed by atoms with E-state index in [4.69, 9.17) is 21.1 Å². The molecular formula is C32H45ClN2O6. The van der Waals surface area contributed by atoms with Crippen molar-refractivity contribution in [1.29, 1.82) is 0 Å². The third-order valence-corrected chi connectivity index (χ3v) is 6.35. The summed E-state index contributed by atoms with van der Waals surface area (Å²) in [6.07, 6.45) is 13.3. The number of carbonyl (C=O) groups excluding carboxylic acids is 3. The first kappa shape index (κ1) is 35.7. The highest BCUT2D eigenvalue weighted by atomic mass is 35.5. The van der Waals surface area contributed by atoms with Crippen LogP contribution in [0.4, 0.5) is 0 Å². The Balaban J connectivity index is 2.53. The zero-order chi connectivity index (χ0) is 31.0. The quantitative estimate of drug-likeness (QED) is 0.155. The predicted octanol–water partition coefficient (Wildman–Crippen LogP) is 5.20. The average Bonchev–Trinajstić information content (AvgIpc) is 2.89. The third kappa shape index (κ3) is 14.8. The van der Waals surface area contributed by atoms with Crippen LogP contribution in [-0.4, -0.2) is 48.2 Å². The van der Waals surface area contributed by atoms with E-state index in [0.29, 0.717) is 30.7 Å². The van der Waals surface area contributed by atoms with Gasteiger partial charge in [0, 0.05) is 30.2 Å². The molecule has 9 heteroatoms. The Morgan fingerprint density at radius 1 is 1.29 bits per heavy atom. The number of hydrogen-bond donors (Lipinski definition) is 3. The maximum absolute atomic E-state index is 12.7. The Morgan fingerprint density at radius 2 is 2.00 bits per heavy atom.